The second-order valence-electron chi connectivity index (χ2n) is 4.75. The van der Waals surface area contributed by atoms with Crippen LogP contribution < -0.4 is 14.8 Å². The topological polar surface area (TPSA) is 43.4 Å². The Bertz CT molecular complexity index is 558. The lowest BCUT2D eigenvalue weighted by Gasteiger charge is -2.13. The van der Waals surface area contributed by atoms with Gasteiger partial charge in [0.15, 0.2) is 11.5 Å². The smallest absolute Gasteiger partial charge is 0.165 e. The quantitative estimate of drug-likeness (QED) is 0.927. The van der Waals surface area contributed by atoms with Gasteiger partial charge in [0, 0.05) is 37.5 Å². The SMILES string of the molecule is c1cc(CNCc2ccncc2)c2c(c1)OCCCO2. The fourth-order valence-corrected chi connectivity index (χ4v) is 2.24. The van der Waals surface area contributed by atoms with E-state index in [0.29, 0.717) is 6.61 Å². The van der Waals surface area contributed by atoms with Gasteiger partial charge in [0.1, 0.15) is 0 Å². The highest BCUT2D eigenvalue weighted by atomic mass is 16.5. The van der Waals surface area contributed by atoms with Crippen molar-refractivity contribution >= 4 is 0 Å². The summed E-state index contributed by atoms with van der Waals surface area (Å²) in [7, 11) is 0. The van der Waals surface area contributed by atoms with Crippen molar-refractivity contribution in [3.63, 3.8) is 0 Å². The molecule has 1 aromatic heterocycles. The average molecular weight is 270 g/mol. The Morgan fingerprint density at radius 2 is 1.85 bits per heavy atom. The first-order valence-electron chi connectivity index (χ1n) is 6.90. The molecular formula is C16H18N2O2. The molecule has 0 radical (unpaired) electrons. The standard InChI is InChI=1S/C16H18N2O2/c1-3-14(12-18-11-13-5-7-17-8-6-13)16-15(4-1)19-9-2-10-20-16/h1,3-8,18H,2,9-12H2. The van der Waals surface area contributed by atoms with Crippen LogP contribution in [-0.4, -0.2) is 18.2 Å². The Labute approximate surface area is 118 Å². The molecule has 2 aromatic rings. The normalized spacial score (nSPS) is 13.8. The van der Waals surface area contributed by atoms with Gasteiger partial charge in [-0.2, -0.15) is 0 Å². The molecule has 2 heterocycles. The molecule has 3 rings (SSSR count). The molecule has 0 spiro atoms. The van der Waals surface area contributed by atoms with E-state index in [0.717, 1.165) is 43.2 Å². The summed E-state index contributed by atoms with van der Waals surface area (Å²) >= 11 is 0. The second-order valence-corrected chi connectivity index (χ2v) is 4.75. The van der Waals surface area contributed by atoms with Crippen molar-refractivity contribution in [2.45, 2.75) is 19.5 Å². The Kier molecular flexibility index (Phi) is 4.13. The molecule has 4 nitrogen and oxygen atoms in total. The highest BCUT2D eigenvalue weighted by Gasteiger charge is 2.13. The zero-order valence-corrected chi connectivity index (χ0v) is 11.3. The first-order valence-corrected chi connectivity index (χ1v) is 6.90. The second kappa shape index (κ2) is 6.39. The van der Waals surface area contributed by atoms with Crippen molar-refractivity contribution < 1.29 is 9.47 Å². The predicted molar refractivity (Wildman–Crippen MR) is 76.8 cm³/mol. The van der Waals surface area contributed by atoms with Crippen LogP contribution in [0.15, 0.2) is 42.7 Å². The van der Waals surface area contributed by atoms with Crippen LogP contribution >= 0.6 is 0 Å². The summed E-state index contributed by atoms with van der Waals surface area (Å²) in [6.45, 7) is 3.01. The highest BCUT2D eigenvalue weighted by Crippen LogP contribution is 2.33. The number of para-hydroxylation sites is 1. The summed E-state index contributed by atoms with van der Waals surface area (Å²) in [5.41, 5.74) is 2.36. The number of ether oxygens (including phenoxy) is 2. The van der Waals surface area contributed by atoms with Gasteiger partial charge < -0.3 is 14.8 Å². The number of pyridine rings is 1. The third-order valence-corrected chi connectivity index (χ3v) is 3.25. The summed E-state index contributed by atoms with van der Waals surface area (Å²) in [6, 6.07) is 10.1. The van der Waals surface area contributed by atoms with Crippen LogP contribution in [0.1, 0.15) is 17.5 Å². The van der Waals surface area contributed by atoms with Gasteiger partial charge in [-0.25, -0.2) is 0 Å². The Morgan fingerprint density at radius 3 is 2.75 bits per heavy atom. The zero-order valence-electron chi connectivity index (χ0n) is 11.3. The van der Waals surface area contributed by atoms with Gasteiger partial charge in [-0.3, -0.25) is 4.98 Å². The Balaban J connectivity index is 1.66. The van der Waals surface area contributed by atoms with Crippen LogP contribution in [0.25, 0.3) is 0 Å². The number of hydrogen-bond donors (Lipinski definition) is 1. The van der Waals surface area contributed by atoms with Crippen LogP contribution in [0.5, 0.6) is 11.5 Å². The predicted octanol–water partition coefficient (Wildman–Crippen LogP) is 2.53. The van der Waals surface area contributed by atoms with E-state index < -0.39 is 0 Å². The number of rotatable bonds is 4. The maximum Gasteiger partial charge on any atom is 0.165 e. The van der Waals surface area contributed by atoms with Gasteiger partial charge in [0.25, 0.3) is 0 Å². The number of nitrogens with one attached hydrogen (secondary N) is 1. The lowest BCUT2D eigenvalue weighted by Crippen LogP contribution is -2.13. The Hall–Kier alpha value is -2.07. The van der Waals surface area contributed by atoms with Crippen molar-refractivity contribution in [2.75, 3.05) is 13.2 Å². The molecule has 0 fully saturated rings. The van der Waals surface area contributed by atoms with Gasteiger partial charge >= 0.3 is 0 Å². The lowest BCUT2D eigenvalue weighted by atomic mass is 10.1. The van der Waals surface area contributed by atoms with Crippen molar-refractivity contribution in [1.29, 1.82) is 0 Å². The van der Waals surface area contributed by atoms with E-state index in [4.69, 9.17) is 9.47 Å². The minimum absolute atomic E-state index is 0.717. The van der Waals surface area contributed by atoms with Crippen LogP contribution in [0.2, 0.25) is 0 Å². The van der Waals surface area contributed by atoms with Crippen LogP contribution in [0.3, 0.4) is 0 Å². The minimum atomic E-state index is 0.717. The van der Waals surface area contributed by atoms with Crippen molar-refractivity contribution in [1.82, 2.24) is 10.3 Å². The molecule has 0 saturated carbocycles. The van der Waals surface area contributed by atoms with E-state index in [1.807, 2.05) is 36.7 Å². The zero-order chi connectivity index (χ0) is 13.6. The molecule has 0 amide bonds. The van der Waals surface area contributed by atoms with Crippen molar-refractivity contribution in [3.05, 3.63) is 53.9 Å². The third-order valence-electron chi connectivity index (χ3n) is 3.25. The number of hydrogen-bond acceptors (Lipinski definition) is 4. The molecule has 4 heteroatoms. The molecule has 0 saturated heterocycles. The monoisotopic (exact) mass is 270 g/mol. The Morgan fingerprint density at radius 1 is 1.00 bits per heavy atom. The van der Waals surface area contributed by atoms with Gasteiger partial charge in [-0.05, 0) is 23.8 Å². The molecule has 20 heavy (non-hydrogen) atoms. The summed E-state index contributed by atoms with van der Waals surface area (Å²) in [5, 5.41) is 3.43. The molecule has 0 unspecified atom stereocenters. The van der Waals surface area contributed by atoms with E-state index in [1.54, 1.807) is 0 Å². The molecule has 1 aliphatic rings. The molecule has 1 aliphatic heterocycles. The van der Waals surface area contributed by atoms with Crippen molar-refractivity contribution in [2.24, 2.45) is 0 Å². The molecule has 104 valence electrons. The number of nitrogens with zero attached hydrogens (tertiary/aromatic N) is 1. The fraction of sp³-hybridized carbons (Fsp3) is 0.312. The molecular weight excluding hydrogens is 252 g/mol. The largest absolute Gasteiger partial charge is 0.490 e. The van der Waals surface area contributed by atoms with E-state index in [-0.39, 0.29) is 0 Å². The maximum atomic E-state index is 5.81. The van der Waals surface area contributed by atoms with Gasteiger partial charge in [0.05, 0.1) is 13.2 Å². The minimum Gasteiger partial charge on any atom is -0.490 e. The van der Waals surface area contributed by atoms with E-state index in [9.17, 15) is 0 Å². The number of aromatic nitrogens is 1. The molecule has 1 aromatic carbocycles. The summed E-state index contributed by atoms with van der Waals surface area (Å²) in [4.78, 5) is 4.02. The van der Waals surface area contributed by atoms with E-state index in [1.165, 1.54) is 5.56 Å². The summed E-state index contributed by atoms with van der Waals surface area (Å²) in [6.07, 6.45) is 4.55. The van der Waals surface area contributed by atoms with Crippen LogP contribution in [-0.2, 0) is 13.1 Å². The molecule has 0 atom stereocenters. The number of fused-ring (bicyclic) bond motifs is 1. The van der Waals surface area contributed by atoms with Crippen LogP contribution in [0.4, 0.5) is 0 Å². The third kappa shape index (κ3) is 3.08. The maximum absolute atomic E-state index is 5.81. The van der Waals surface area contributed by atoms with E-state index in [2.05, 4.69) is 16.4 Å². The van der Waals surface area contributed by atoms with Crippen LogP contribution in [0, 0.1) is 0 Å². The average Bonchev–Trinajstić information content (AvgIpc) is 2.74. The molecule has 1 N–H and O–H groups in total. The molecule has 0 aliphatic carbocycles. The first-order chi connectivity index (χ1) is 9.93. The number of benzene rings is 1. The van der Waals surface area contributed by atoms with Gasteiger partial charge in [-0.15, -0.1) is 0 Å². The fourth-order valence-electron chi connectivity index (χ4n) is 2.24. The van der Waals surface area contributed by atoms with Crippen molar-refractivity contribution in [3.8, 4) is 11.5 Å². The van der Waals surface area contributed by atoms with Gasteiger partial charge in [-0.1, -0.05) is 12.1 Å². The summed E-state index contributed by atoms with van der Waals surface area (Å²) < 4.78 is 11.5. The lowest BCUT2D eigenvalue weighted by molar-refractivity contribution is 0.296. The van der Waals surface area contributed by atoms with E-state index >= 15 is 0 Å². The van der Waals surface area contributed by atoms with Gasteiger partial charge in [0.2, 0.25) is 0 Å². The molecule has 0 bridgehead atoms. The summed E-state index contributed by atoms with van der Waals surface area (Å²) in [5.74, 6) is 1.73. The highest BCUT2D eigenvalue weighted by molar-refractivity contribution is 5.47. The first kappa shape index (κ1) is 12.9.